The maximum Gasteiger partial charge on any atom is -0.0224 e. The molecule has 0 radical (unpaired) electrons. The Morgan fingerprint density at radius 1 is 1.12 bits per heavy atom. The van der Waals surface area contributed by atoms with Gasteiger partial charge in [-0.05, 0) is 37.3 Å². The number of rotatable bonds is 4. The second-order valence-corrected chi connectivity index (χ2v) is 4.98. The third-order valence-electron chi connectivity index (χ3n) is 3.26. The molecule has 0 heterocycles. The molecular weight excluding hydrogens is 204 g/mol. The van der Waals surface area contributed by atoms with Crippen molar-refractivity contribution in [3.8, 4) is 0 Å². The lowest BCUT2D eigenvalue weighted by molar-refractivity contribution is 0.769. The summed E-state index contributed by atoms with van der Waals surface area (Å²) in [7, 11) is 0. The Morgan fingerprint density at radius 3 is 2.18 bits per heavy atom. The van der Waals surface area contributed by atoms with Gasteiger partial charge in [-0.25, -0.2) is 0 Å². The maximum absolute atomic E-state index is 2.26. The van der Waals surface area contributed by atoms with Crippen molar-refractivity contribution in [2.24, 2.45) is 5.92 Å². The molecule has 0 aromatic heterocycles. The minimum Gasteiger partial charge on any atom is -0.0708 e. The van der Waals surface area contributed by atoms with Crippen LogP contribution < -0.4 is 0 Å². The van der Waals surface area contributed by atoms with E-state index in [2.05, 4.69) is 71.0 Å². The van der Waals surface area contributed by atoms with Crippen molar-refractivity contribution >= 4 is 5.57 Å². The summed E-state index contributed by atoms with van der Waals surface area (Å²) in [6.07, 6.45) is 5.59. The zero-order valence-electron chi connectivity index (χ0n) is 11.7. The molecule has 0 nitrogen and oxygen atoms in total. The van der Waals surface area contributed by atoms with E-state index in [-0.39, 0.29) is 0 Å². The summed E-state index contributed by atoms with van der Waals surface area (Å²) in [4.78, 5) is 0. The van der Waals surface area contributed by atoms with Crippen molar-refractivity contribution in [2.75, 3.05) is 0 Å². The van der Waals surface area contributed by atoms with E-state index in [1.54, 1.807) is 0 Å². The van der Waals surface area contributed by atoms with Crippen molar-refractivity contribution in [1.29, 1.82) is 0 Å². The largest absolute Gasteiger partial charge is 0.0708 e. The summed E-state index contributed by atoms with van der Waals surface area (Å²) < 4.78 is 0. The molecule has 0 heteroatoms. The first kappa shape index (κ1) is 13.8. The molecule has 1 aromatic rings. The first-order valence-electron chi connectivity index (χ1n) is 6.49. The summed E-state index contributed by atoms with van der Waals surface area (Å²) in [6.45, 7) is 11.0. The fraction of sp³-hybridized carbons (Fsp3) is 0.412. The van der Waals surface area contributed by atoms with Gasteiger partial charge in [-0.1, -0.05) is 68.3 Å². The molecule has 0 bridgehead atoms. The van der Waals surface area contributed by atoms with Crippen molar-refractivity contribution in [2.45, 2.75) is 41.0 Å². The molecule has 0 N–H and O–H groups in total. The van der Waals surface area contributed by atoms with Crippen LogP contribution in [-0.4, -0.2) is 0 Å². The molecule has 0 aliphatic rings. The van der Waals surface area contributed by atoms with Gasteiger partial charge in [-0.15, -0.1) is 0 Å². The van der Waals surface area contributed by atoms with Gasteiger partial charge < -0.3 is 0 Å². The van der Waals surface area contributed by atoms with Crippen LogP contribution in [-0.2, 0) is 0 Å². The standard InChI is InChI=1S/C17H24/c1-6-16(12-9-15(5)13(2)3)17-10-7-14(4)8-11-17/h7-13H,6H2,1-5H3/b15-9+,16-12+. The second kappa shape index (κ2) is 6.44. The molecule has 0 spiro atoms. The van der Waals surface area contributed by atoms with Crippen LogP contribution in [0.4, 0.5) is 0 Å². The van der Waals surface area contributed by atoms with Gasteiger partial charge in [0.1, 0.15) is 0 Å². The Kier molecular flexibility index (Phi) is 5.21. The Hall–Kier alpha value is -1.30. The van der Waals surface area contributed by atoms with Crippen LogP contribution in [0.25, 0.3) is 5.57 Å². The van der Waals surface area contributed by atoms with E-state index in [0.717, 1.165) is 6.42 Å². The van der Waals surface area contributed by atoms with Gasteiger partial charge in [-0.2, -0.15) is 0 Å². The molecule has 1 aromatic carbocycles. The predicted octanol–water partition coefficient (Wildman–Crippen LogP) is 5.39. The van der Waals surface area contributed by atoms with Crippen LogP contribution in [0.3, 0.4) is 0 Å². The highest BCUT2D eigenvalue weighted by atomic mass is 14.0. The molecule has 0 aliphatic carbocycles. The molecule has 0 unspecified atom stereocenters. The van der Waals surface area contributed by atoms with Gasteiger partial charge in [0.05, 0.1) is 0 Å². The molecule has 0 saturated heterocycles. The molecular formula is C17H24. The molecule has 0 aliphatic heterocycles. The Labute approximate surface area is 106 Å². The second-order valence-electron chi connectivity index (χ2n) is 4.98. The lowest BCUT2D eigenvalue weighted by Crippen LogP contribution is -1.88. The van der Waals surface area contributed by atoms with E-state index >= 15 is 0 Å². The molecule has 92 valence electrons. The molecule has 0 atom stereocenters. The van der Waals surface area contributed by atoms with Crippen LogP contribution >= 0.6 is 0 Å². The Bertz CT molecular complexity index is 402. The van der Waals surface area contributed by atoms with E-state index < -0.39 is 0 Å². The van der Waals surface area contributed by atoms with Gasteiger partial charge >= 0.3 is 0 Å². The predicted molar refractivity (Wildman–Crippen MR) is 78.0 cm³/mol. The zero-order valence-corrected chi connectivity index (χ0v) is 11.7. The summed E-state index contributed by atoms with van der Waals surface area (Å²) in [5.74, 6) is 0.627. The van der Waals surface area contributed by atoms with E-state index in [1.165, 1.54) is 22.3 Å². The number of aryl methyl sites for hydroxylation is 1. The third-order valence-corrected chi connectivity index (χ3v) is 3.26. The Balaban J connectivity index is 2.95. The third kappa shape index (κ3) is 4.22. The summed E-state index contributed by atoms with van der Waals surface area (Å²) >= 11 is 0. The summed E-state index contributed by atoms with van der Waals surface area (Å²) in [5, 5.41) is 0. The lowest BCUT2D eigenvalue weighted by atomic mass is 9.99. The summed E-state index contributed by atoms with van der Waals surface area (Å²) in [5.41, 5.74) is 5.50. The van der Waals surface area contributed by atoms with Gasteiger partial charge in [0, 0.05) is 0 Å². The van der Waals surface area contributed by atoms with Crippen molar-refractivity contribution in [1.82, 2.24) is 0 Å². The van der Waals surface area contributed by atoms with Crippen LogP contribution in [0.1, 0.15) is 45.2 Å². The monoisotopic (exact) mass is 228 g/mol. The zero-order chi connectivity index (χ0) is 12.8. The van der Waals surface area contributed by atoms with Gasteiger partial charge in [0.25, 0.3) is 0 Å². The molecule has 17 heavy (non-hydrogen) atoms. The molecule has 1 rings (SSSR count). The minimum absolute atomic E-state index is 0.627. The SMILES string of the molecule is CC/C(=C\C=C(/C)C(C)C)c1ccc(C)cc1. The highest BCUT2D eigenvalue weighted by Crippen LogP contribution is 2.19. The number of hydrogen-bond donors (Lipinski definition) is 0. The average Bonchev–Trinajstić information content (AvgIpc) is 2.31. The minimum atomic E-state index is 0.627. The topological polar surface area (TPSA) is 0 Å². The van der Waals surface area contributed by atoms with Crippen molar-refractivity contribution < 1.29 is 0 Å². The highest BCUT2D eigenvalue weighted by molar-refractivity contribution is 5.67. The van der Waals surface area contributed by atoms with Crippen molar-refractivity contribution in [3.63, 3.8) is 0 Å². The van der Waals surface area contributed by atoms with Gasteiger partial charge in [-0.3, -0.25) is 0 Å². The quantitative estimate of drug-likeness (QED) is 0.606. The fourth-order valence-corrected chi connectivity index (χ4v) is 1.61. The summed E-state index contributed by atoms with van der Waals surface area (Å²) in [6, 6.07) is 8.78. The highest BCUT2D eigenvalue weighted by Gasteiger charge is 1.99. The van der Waals surface area contributed by atoms with Gasteiger partial charge in [0.2, 0.25) is 0 Å². The van der Waals surface area contributed by atoms with Gasteiger partial charge in [0.15, 0.2) is 0 Å². The number of allylic oxidation sites excluding steroid dienone is 4. The first-order chi connectivity index (χ1) is 8.04. The van der Waals surface area contributed by atoms with Crippen LogP contribution in [0.15, 0.2) is 42.0 Å². The average molecular weight is 228 g/mol. The number of hydrogen-bond acceptors (Lipinski definition) is 0. The molecule has 0 fully saturated rings. The van der Waals surface area contributed by atoms with E-state index in [9.17, 15) is 0 Å². The smallest absolute Gasteiger partial charge is 0.0224 e. The first-order valence-corrected chi connectivity index (χ1v) is 6.49. The van der Waals surface area contributed by atoms with E-state index in [1.807, 2.05) is 0 Å². The molecule has 0 amide bonds. The van der Waals surface area contributed by atoms with Crippen LogP contribution in [0.2, 0.25) is 0 Å². The Morgan fingerprint density at radius 2 is 1.71 bits per heavy atom. The maximum atomic E-state index is 2.26. The lowest BCUT2D eigenvalue weighted by Gasteiger charge is -2.06. The van der Waals surface area contributed by atoms with E-state index in [4.69, 9.17) is 0 Å². The van der Waals surface area contributed by atoms with Crippen LogP contribution in [0.5, 0.6) is 0 Å². The number of benzene rings is 1. The normalized spacial score (nSPS) is 13.3. The fourth-order valence-electron chi connectivity index (χ4n) is 1.61. The van der Waals surface area contributed by atoms with Crippen molar-refractivity contribution in [3.05, 3.63) is 53.1 Å². The molecule has 0 saturated carbocycles. The van der Waals surface area contributed by atoms with E-state index in [0.29, 0.717) is 5.92 Å². The van der Waals surface area contributed by atoms with Crippen LogP contribution in [0, 0.1) is 12.8 Å².